The number of nitrogens with zero attached hydrogens (tertiary/aromatic N) is 3. The summed E-state index contributed by atoms with van der Waals surface area (Å²) in [7, 11) is -4.06. The number of fused-ring (bicyclic) bond motifs is 2. The Bertz CT molecular complexity index is 1370. The van der Waals surface area contributed by atoms with Gasteiger partial charge in [-0.15, -0.1) is 0 Å². The third kappa shape index (κ3) is 5.76. The normalized spacial score (nSPS) is 24.5. The molecule has 2 unspecified atom stereocenters. The minimum Gasteiger partial charge on any atom is -0.493 e. The third-order valence-electron chi connectivity index (χ3n) is 7.58. The van der Waals surface area contributed by atoms with Crippen molar-refractivity contribution in [2.75, 3.05) is 31.2 Å². The molecule has 0 aliphatic carbocycles. The summed E-state index contributed by atoms with van der Waals surface area (Å²) in [4.78, 5) is 20.4. The number of anilines is 1. The van der Waals surface area contributed by atoms with Crippen LogP contribution in [0.4, 0.5) is 10.2 Å². The maximum atomic E-state index is 14.6. The lowest BCUT2D eigenvalue weighted by Crippen LogP contribution is -2.49. The van der Waals surface area contributed by atoms with Gasteiger partial charge in [0, 0.05) is 31.7 Å². The van der Waals surface area contributed by atoms with Gasteiger partial charge in [-0.2, -0.15) is 12.7 Å². The van der Waals surface area contributed by atoms with Crippen LogP contribution in [0.2, 0.25) is 0 Å². The first-order valence-corrected chi connectivity index (χ1v) is 14.9. The van der Waals surface area contributed by atoms with Crippen LogP contribution in [0, 0.1) is 17.7 Å². The first-order chi connectivity index (χ1) is 18.3. The van der Waals surface area contributed by atoms with Gasteiger partial charge in [-0.05, 0) is 62.8 Å². The van der Waals surface area contributed by atoms with Crippen molar-refractivity contribution in [2.45, 2.75) is 65.1 Å². The Kier molecular flexibility index (Phi) is 7.36. The van der Waals surface area contributed by atoms with E-state index in [1.807, 2.05) is 18.7 Å². The zero-order chi connectivity index (χ0) is 28.1. The molecule has 1 aromatic carbocycles. The summed E-state index contributed by atoms with van der Waals surface area (Å²) in [6.45, 7) is 12.0. The van der Waals surface area contributed by atoms with Crippen molar-refractivity contribution in [3.63, 3.8) is 0 Å². The Labute approximate surface area is 231 Å². The molecule has 1 amide bonds. The molecule has 3 aliphatic rings. The minimum absolute atomic E-state index is 0. The van der Waals surface area contributed by atoms with Crippen LogP contribution in [-0.4, -0.2) is 67.6 Å². The summed E-state index contributed by atoms with van der Waals surface area (Å²) in [6.07, 6.45) is 1.38. The van der Waals surface area contributed by atoms with Crippen LogP contribution in [-0.2, 0) is 14.9 Å². The number of ether oxygens (including phenoxy) is 2. The van der Waals surface area contributed by atoms with Crippen molar-refractivity contribution >= 4 is 21.9 Å². The number of aromatic nitrogens is 1. The number of hydrogen-bond acceptors (Lipinski definition) is 7. The maximum absolute atomic E-state index is 14.6. The molecule has 3 aliphatic heterocycles. The van der Waals surface area contributed by atoms with Crippen LogP contribution < -0.4 is 14.4 Å². The zero-order valence-corrected chi connectivity index (χ0v) is 23.9. The summed E-state index contributed by atoms with van der Waals surface area (Å²) in [5, 5.41) is 0. The van der Waals surface area contributed by atoms with Gasteiger partial charge in [0.05, 0.1) is 36.6 Å². The molecule has 3 fully saturated rings. The van der Waals surface area contributed by atoms with Crippen molar-refractivity contribution in [2.24, 2.45) is 11.8 Å². The molecule has 0 radical (unpaired) electrons. The molecule has 2 aromatic rings. The molecule has 3 atom stereocenters. The third-order valence-corrected chi connectivity index (χ3v) is 9.09. The standard InChI is InChI=1S/C28H37FN4O5S.H2/c1-17(2)15-37-22-9-19(8-20(29)10-22)25-7-6-24(26(30-25)32-13-18(3)12-28(32,4)5)27(34)31-39(35,36)33-14-23-11-21(33)16-38-23;/h6-10,17-18,21,23H,11-16H2,1-5H3,(H,31,34);1H/t18-,21?,23?;/m0./s1. The first kappa shape index (κ1) is 27.8. The number of pyridine rings is 1. The maximum Gasteiger partial charge on any atom is 0.304 e. The van der Waals surface area contributed by atoms with E-state index in [-0.39, 0.29) is 37.1 Å². The number of morpholine rings is 1. The molecular formula is C28H39FN4O5S. The fourth-order valence-corrected chi connectivity index (χ4v) is 7.26. The average Bonchev–Trinajstić information content (AvgIpc) is 3.56. The van der Waals surface area contributed by atoms with Crippen molar-refractivity contribution < 1.29 is 28.5 Å². The molecule has 214 valence electrons. The number of benzene rings is 1. The highest BCUT2D eigenvalue weighted by molar-refractivity contribution is 7.87. The van der Waals surface area contributed by atoms with Gasteiger partial charge in [0.1, 0.15) is 17.4 Å². The molecule has 3 saturated heterocycles. The van der Waals surface area contributed by atoms with E-state index in [1.54, 1.807) is 18.2 Å². The number of halogens is 1. The Hall–Kier alpha value is -2.76. The molecule has 0 spiro atoms. The summed E-state index contributed by atoms with van der Waals surface area (Å²) >= 11 is 0. The number of nitrogens with one attached hydrogen (secondary N) is 1. The quantitative estimate of drug-likeness (QED) is 0.514. The van der Waals surface area contributed by atoms with E-state index >= 15 is 0 Å². The molecule has 4 heterocycles. The molecule has 11 heteroatoms. The largest absolute Gasteiger partial charge is 0.493 e. The van der Waals surface area contributed by atoms with E-state index in [2.05, 4.69) is 25.5 Å². The van der Waals surface area contributed by atoms with Crippen molar-refractivity contribution in [3.8, 4) is 17.0 Å². The van der Waals surface area contributed by atoms with Gasteiger partial charge in [-0.25, -0.2) is 14.1 Å². The molecular weight excluding hydrogens is 523 g/mol. The van der Waals surface area contributed by atoms with Gasteiger partial charge in [0.15, 0.2) is 0 Å². The number of amides is 1. The lowest BCUT2D eigenvalue weighted by atomic mass is 9.97. The first-order valence-electron chi connectivity index (χ1n) is 13.5. The molecule has 1 N–H and O–H groups in total. The Morgan fingerprint density at radius 1 is 1.28 bits per heavy atom. The highest BCUT2D eigenvalue weighted by atomic mass is 32.2. The van der Waals surface area contributed by atoms with Crippen LogP contribution in [0.25, 0.3) is 11.3 Å². The molecule has 1 aromatic heterocycles. The van der Waals surface area contributed by atoms with E-state index in [4.69, 9.17) is 14.5 Å². The van der Waals surface area contributed by atoms with Crippen LogP contribution in [0.15, 0.2) is 30.3 Å². The smallest absolute Gasteiger partial charge is 0.304 e. The van der Waals surface area contributed by atoms with E-state index in [0.29, 0.717) is 54.9 Å². The van der Waals surface area contributed by atoms with E-state index in [0.717, 1.165) is 6.42 Å². The highest BCUT2D eigenvalue weighted by Crippen LogP contribution is 2.39. The second-order valence-corrected chi connectivity index (χ2v) is 13.7. The molecule has 0 saturated carbocycles. The fourth-order valence-electron chi connectivity index (χ4n) is 5.90. The Balaban J connectivity index is 0.00000370. The Morgan fingerprint density at radius 2 is 2.05 bits per heavy atom. The van der Waals surface area contributed by atoms with Gasteiger partial charge in [0.2, 0.25) is 0 Å². The van der Waals surface area contributed by atoms with Gasteiger partial charge in [-0.1, -0.05) is 20.8 Å². The number of hydrogen-bond donors (Lipinski definition) is 1. The molecule has 5 rings (SSSR count). The van der Waals surface area contributed by atoms with E-state index < -0.39 is 21.9 Å². The number of carbonyl (C=O) groups excluding carboxylic acids is 1. The minimum atomic E-state index is -4.06. The predicted molar refractivity (Wildman–Crippen MR) is 149 cm³/mol. The fraction of sp³-hybridized carbons (Fsp3) is 0.571. The predicted octanol–water partition coefficient (Wildman–Crippen LogP) is 4.24. The zero-order valence-electron chi connectivity index (χ0n) is 23.1. The lowest BCUT2D eigenvalue weighted by molar-refractivity contribution is 0.0601. The summed E-state index contributed by atoms with van der Waals surface area (Å²) < 4.78 is 55.7. The SMILES string of the molecule is CC(C)COc1cc(F)cc(-c2ccc(C(=O)NS(=O)(=O)N3CC4CC3CO4)c(N3C[C@@H](C)CC3(C)C)n2)c1.[HH]. The van der Waals surface area contributed by atoms with Crippen molar-refractivity contribution in [3.05, 3.63) is 41.7 Å². The number of rotatable bonds is 8. The van der Waals surface area contributed by atoms with Crippen LogP contribution in [0.1, 0.15) is 59.2 Å². The summed E-state index contributed by atoms with van der Waals surface area (Å²) in [5.74, 6) is 0.183. The van der Waals surface area contributed by atoms with Crippen molar-refractivity contribution in [1.29, 1.82) is 0 Å². The topological polar surface area (TPSA) is 101 Å². The van der Waals surface area contributed by atoms with E-state index in [1.165, 1.54) is 16.4 Å². The van der Waals surface area contributed by atoms with Crippen LogP contribution >= 0.6 is 0 Å². The molecule has 2 bridgehead atoms. The van der Waals surface area contributed by atoms with Crippen molar-refractivity contribution in [1.82, 2.24) is 14.0 Å². The highest BCUT2D eigenvalue weighted by Gasteiger charge is 2.46. The van der Waals surface area contributed by atoms with Gasteiger partial charge >= 0.3 is 10.2 Å². The van der Waals surface area contributed by atoms with Crippen LogP contribution in [0.3, 0.4) is 0 Å². The van der Waals surface area contributed by atoms with Gasteiger partial charge < -0.3 is 14.4 Å². The van der Waals surface area contributed by atoms with Gasteiger partial charge in [-0.3, -0.25) is 4.79 Å². The lowest BCUT2D eigenvalue weighted by Gasteiger charge is -2.34. The molecule has 39 heavy (non-hydrogen) atoms. The molecule has 9 nitrogen and oxygen atoms in total. The summed E-state index contributed by atoms with van der Waals surface area (Å²) in [6, 6.07) is 7.36. The second-order valence-electron chi connectivity index (χ2n) is 12.0. The summed E-state index contributed by atoms with van der Waals surface area (Å²) in [5.41, 5.74) is 0.797. The second kappa shape index (κ2) is 10.3. The van der Waals surface area contributed by atoms with Crippen LogP contribution in [0.5, 0.6) is 5.75 Å². The monoisotopic (exact) mass is 562 g/mol. The Morgan fingerprint density at radius 3 is 2.67 bits per heavy atom. The van der Waals surface area contributed by atoms with E-state index in [9.17, 15) is 17.6 Å². The van der Waals surface area contributed by atoms with Gasteiger partial charge in [0.25, 0.3) is 5.91 Å². The number of carbonyl (C=O) groups is 1. The average molecular weight is 563 g/mol.